The van der Waals surface area contributed by atoms with Gasteiger partial charge < -0.3 is 10.1 Å². The third-order valence-corrected chi connectivity index (χ3v) is 3.48. The molecule has 0 bridgehead atoms. The summed E-state index contributed by atoms with van der Waals surface area (Å²) in [5.41, 5.74) is 5.48. The summed E-state index contributed by atoms with van der Waals surface area (Å²) in [5, 5.41) is 3.41. The molecule has 0 aromatic heterocycles. The van der Waals surface area contributed by atoms with Gasteiger partial charge in [0.05, 0.1) is 12.9 Å². The fourth-order valence-corrected chi connectivity index (χ4v) is 2.68. The van der Waals surface area contributed by atoms with E-state index in [9.17, 15) is 0 Å². The van der Waals surface area contributed by atoms with Crippen LogP contribution in [0.25, 0.3) is 0 Å². The van der Waals surface area contributed by atoms with Crippen LogP contribution >= 0.6 is 0 Å². The first-order valence-electron chi connectivity index (χ1n) is 6.74. The van der Waals surface area contributed by atoms with Gasteiger partial charge in [0.15, 0.2) is 0 Å². The van der Waals surface area contributed by atoms with Crippen molar-refractivity contribution in [3.63, 3.8) is 0 Å². The highest BCUT2D eigenvalue weighted by Crippen LogP contribution is 2.20. The van der Waals surface area contributed by atoms with Crippen LogP contribution in [0.3, 0.4) is 0 Å². The highest BCUT2D eigenvalue weighted by molar-refractivity contribution is 5.30. The van der Waals surface area contributed by atoms with Crippen LogP contribution in [0.5, 0.6) is 0 Å². The van der Waals surface area contributed by atoms with Gasteiger partial charge in [0, 0.05) is 6.04 Å². The standard InChI is InChI=1S/C16H23NO/c1-12-7-13(2)9-14(8-12)10-16(17-3)15-5-4-6-18-11-15/h7-9,11,16-17H,4-6,10H2,1-3H3. The minimum absolute atomic E-state index is 0.395. The normalized spacial score (nSPS) is 16.9. The number of ether oxygens (including phenoxy) is 1. The van der Waals surface area contributed by atoms with E-state index in [1.807, 2.05) is 13.3 Å². The molecule has 0 saturated carbocycles. The fourth-order valence-electron chi connectivity index (χ4n) is 2.68. The van der Waals surface area contributed by atoms with E-state index in [1.54, 1.807) is 0 Å². The predicted octanol–water partition coefficient (Wildman–Crippen LogP) is 3.13. The van der Waals surface area contributed by atoms with Gasteiger partial charge in [0.1, 0.15) is 0 Å². The number of hydrogen-bond donors (Lipinski definition) is 1. The van der Waals surface area contributed by atoms with Gasteiger partial charge >= 0.3 is 0 Å². The van der Waals surface area contributed by atoms with Crippen LogP contribution in [0, 0.1) is 13.8 Å². The largest absolute Gasteiger partial charge is 0.501 e. The van der Waals surface area contributed by atoms with Crippen molar-refractivity contribution in [3.05, 3.63) is 46.7 Å². The molecule has 18 heavy (non-hydrogen) atoms. The van der Waals surface area contributed by atoms with E-state index in [-0.39, 0.29) is 0 Å². The van der Waals surface area contributed by atoms with Crippen molar-refractivity contribution in [2.75, 3.05) is 13.7 Å². The van der Waals surface area contributed by atoms with Crippen molar-refractivity contribution in [1.82, 2.24) is 5.32 Å². The molecule has 98 valence electrons. The second-order valence-electron chi connectivity index (χ2n) is 5.21. The maximum absolute atomic E-state index is 5.45. The first kappa shape index (κ1) is 13.2. The van der Waals surface area contributed by atoms with Gasteiger partial charge in [-0.15, -0.1) is 0 Å². The fraction of sp³-hybridized carbons (Fsp3) is 0.500. The SMILES string of the molecule is CNC(Cc1cc(C)cc(C)c1)C1=COCCC1. The van der Waals surface area contributed by atoms with E-state index >= 15 is 0 Å². The van der Waals surface area contributed by atoms with Gasteiger partial charge in [-0.1, -0.05) is 29.3 Å². The second kappa shape index (κ2) is 6.05. The molecule has 1 N–H and O–H groups in total. The summed E-state index contributed by atoms with van der Waals surface area (Å²) in [6, 6.07) is 7.18. The van der Waals surface area contributed by atoms with Gasteiger partial charge in [-0.05, 0) is 51.3 Å². The number of rotatable bonds is 4. The minimum Gasteiger partial charge on any atom is -0.501 e. The summed E-state index contributed by atoms with van der Waals surface area (Å²) < 4.78 is 5.45. The van der Waals surface area contributed by atoms with Crippen molar-refractivity contribution in [2.24, 2.45) is 0 Å². The van der Waals surface area contributed by atoms with Gasteiger partial charge in [0.25, 0.3) is 0 Å². The molecule has 0 radical (unpaired) electrons. The number of nitrogens with one attached hydrogen (secondary N) is 1. The van der Waals surface area contributed by atoms with Crippen molar-refractivity contribution in [2.45, 2.75) is 39.2 Å². The molecule has 0 spiro atoms. The van der Waals surface area contributed by atoms with E-state index in [0.29, 0.717) is 6.04 Å². The molecule has 1 aliphatic rings. The zero-order valence-corrected chi connectivity index (χ0v) is 11.6. The molecule has 1 heterocycles. The maximum atomic E-state index is 5.45. The molecule has 0 aliphatic carbocycles. The van der Waals surface area contributed by atoms with Gasteiger partial charge in [0.2, 0.25) is 0 Å². The molecule has 0 amide bonds. The quantitative estimate of drug-likeness (QED) is 0.880. The van der Waals surface area contributed by atoms with E-state index < -0.39 is 0 Å². The molecule has 1 aliphatic heterocycles. The average molecular weight is 245 g/mol. The molecule has 1 aromatic carbocycles. The van der Waals surface area contributed by atoms with Gasteiger partial charge in [-0.2, -0.15) is 0 Å². The molecular weight excluding hydrogens is 222 g/mol. The Hall–Kier alpha value is -1.28. The monoisotopic (exact) mass is 245 g/mol. The molecule has 1 aromatic rings. The van der Waals surface area contributed by atoms with E-state index in [0.717, 1.165) is 25.9 Å². The predicted molar refractivity (Wildman–Crippen MR) is 75.7 cm³/mol. The topological polar surface area (TPSA) is 21.3 Å². The summed E-state index contributed by atoms with van der Waals surface area (Å²) in [7, 11) is 2.03. The molecule has 1 unspecified atom stereocenters. The van der Waals surface area contributed by atoms with Crippen LogP contribution in [0.15, 0.2) is 30.0 Å². The highest BCUT2D eigenvalue weighted by Gasteiger charge is 2.16. The third-order valence-electron chi connectivity index (χ3n) is 3.48. The Morgan fingerprint density at radius 2 is 1.94 bits per heavy atom. The Balaban J connectivity index is 2.12. The Labute approximate surface area is 110 Å². The first-order chi connectivity index (χ1) is 8.69. The smallest absolute Gasteiger partial charge is 0.0876 e. The molecule has 2 nitrogen and oxygen atoms in total. The first-order valence-corrected chi connectivity index (χ1v) is 6.74. The lowest BCUT2D eigenvalue weighted by Gasteiger charge is -2.23. The lowest BCUT2D eigenvalue weighted by Crippen LogP contribution is -2.31. The van der Waals surface area contributed by atoms with Gasteiger partial charge in [-0.25, -0.2) is 0 Å². The number of likely N-dealkylation sites (N-methyl/N-ethyl adjacent to an activating group) is 1. The maximum Gasteiger partial charge on any atom is 0.0876 e. The van der Waals surface area contributed by atoms with Crippen LogP contribution in [-0.2, 0) is 11.2 Å². The van der Waals surface area contributed by atoms with Crippen molar-refractivity contribution in [1.29, 1.82) is 0 Å². The van der Waals surface area contributed by atoms with Crippen LogP contribution < -0.4 is 5.32 Å². The van der Waals surface area contributed by atoms with Crippen LogP contribution in [-0.4, -0.2) is 19.7 Å². The third kappa shape index (κ3) is 3.36. The number of aryl methyl sites for hydroxylation is 2. The molecule has 2 heteroatoms. The van der Waals surface area contributed by atoms with Crippen molar-refractivity contribution < 1.29 is 4.74 Å². The average Bonchev–Trinajstić information content (AvgIpc) is 2.36. The van der Waals surface area contributed by atoms with Crippen LogP contribution in [0.1, 0.15) is 29.5 Å². The zero-order chi connectivity index (χ0) is 13.0. The second-order valence-corrected chi connectivity index (χ2v) is 5.21. The van der Waals surface area contributed by atoms with Crippen molar-refractivity contribution >= 4 is 0 Å². The van der Waals surface area contributed by atoms with Gasteiger partial charge in [-0.3, -0.25) is 0 Å². The van der Waals surface area contributed by atoms with Crippen LogP contribution in [0.2, 0.25) is 0 Å². The Kier molecular flexibility index (Phi) is 4.43. The van der Waals surface area contributed by atoms with E-state index in [4.69, 9.17) is 4.74 Å². The lowest BCUT2D eigenvalue weighted by atomic mass is 9.94. The summed E-state index contributed by atoms with van der Waals surface area (Å²) in [6.07, 6.45) is 5.27. The minimum atomic E-state index is 0.395. The Morgan fingerprint density at radius 1 is 1.22 bits per heavy atom. The summed E-state index contributed by atoms with van der Waals surface area (Å²) in [4.78, 5) is 0. The van der Waals surface area contributed by atoms with Crippen LogP contribution in [0.4, 0.5) is 0 Å². The molecule has 2 rings (SSSR count). The lowest BCUT2D eigenvalue weighted by molar-refractivity contribution is 0.219. The number of hydrogen-bond acceptors (Lipinski definition) is 2. The molecule has 0 saturated heterocycles. The molecular formula is C16H23NO. The molecule has 1 atom stereocenters. The Bertz CT molecular complexity index is 416. The molecule has 0 fully saturated rings. The Morgan fingerprint density at radius 3 is 2.50 bits per heavy atom. The van der Waals surface area contributed by atoms with E-state index in [2.05, 4.69) is 37.4 Å². The zero-order valence-electron chi connectivity index (χ0n) is 11.6. The van der Waals surface area contributed by atoms with E-state index in [1.165, 1.54) is 22.3 Å². The number of benzene rings is 1. The summed E-state index contributed by atoms with van der Waals surface area (Å²) >= 11 is 0. The highest BCUT2D eigenvalue weighted by atomic mass is 16.5. The van der Waals surface area contributed by atoms with Crippen molar-refractivity contribution in [3.8, 4) is 0 Å². The summed E-state index contributed by atoms with van der Waals surface area (Å²) in [6.45, 7) is 5.19. The summed E-state index contributed by atoms with van der Waals surface area (Å²) in [5.74, 6) is 0.